The summed E-state index contributed by atoms with van der Waals surface area (Å²) >= 11 is 0. The molecule has 2 heterocycles. The van der Waals surface area contributed by atoms with Gasteiger partial charge in [-0.05, 0) is 31.9 Å². The Morgan fingerprint density at radius 2 is 1.96 bits per heavy atom. The van der Waals surface area contributed by atoms with Crippen molar-refractivity contribution in [1.29, 1.82) is 0 Å². The molecule has 1 fully saturated rings. The van der Waals surface area contributed by atoms with Crippen LogP contribution in [0.4, 0.5) is 11.6 Å². The van der Waals surface area contributed by atoms with Gasteiger partial charge in [0.1, 0.15) is 5.82 Å². The van der Waals surface area contributed by atoms with Crippen LogP contribution in [-0.4, -0.2) is 37.3 Å². The van der Waals surface area contributed by atoms with Crippen LogP contribution in [0.1, 0.15) is 24.2 Å². The van der Waals surface area contributed by atoms with Crippen molar-refractivity contribution in [2.24, 2.45) is 0 Å². The molecular weight excluding hydrogens is 290 g/mol. The summed E-state index contributed by atoms with van der Waals surface area (Å²) in [6, 6.07) is 10.0. The second-order valence-electron chi connectivity index (χ2n) is 6.27. The Balaban J connectivity index is 1.81. The van der Waals surface area contributed by atoms with Gasteiger partial charge in [0.2, 0.25) is 5.95 Å². The third-order valence-corrected chi connectivity index (χ3v) is 4.33. The lowest BCUT2D eigenvalue weighted by molar-refractivity contribution is 0.151. The zero-order valence-corrected chi connectivity index (χ0v) is 13.3. The number of aliphatic hydroxyl groups is 1. The molecule has 6 nitrogen and oxygen atoms in total. The molecule has 23 heavy (non-hydrogen) atoms. The van der Waals surface area contributed by atoms with Crippen molar-refractivity contribution in [3.63, 3.8) is 0 Å². The van der Waals surface area contributed by atoms with E-state index < -0.39 is 5.60 Å². The van der Waals surface area contributed by atoms with Gasteiger partial charge < -0.3 is 10.0 Å². The van der Waals surface area contributed by atoms with E-state index >= 15 is 0 Å². The fourth-order valence-corrected chi connectivity index (χ4v) is 2.80. The number of para-hydroxylation sites is 1. The first kappa shape index (κ1) is 14.1. The van der Waals surface area contributed by atoms with Gasteiger partial charge >= 0.3 is 0 Å². The maximum absolute atomic E-state index is 10.2. The SMILES string of the molecule is Cc1nc(N(C)c2ccccc2)n2ncc(CC3(O)CC3)c2n1. The third-order valence-electron chi connectivity index (χ3n) is 4.33. The summed E-state index contributed by atoms with van der Waals surface area (Å²) < 4.78 is 1.75. The Morgan fingerprint density at radius 3 is 2.65 bits per heavy atom. The zero-order chi connectivity index (χ0) is 16.0. The largest absolute Gasteiger partial charge is 0.390 e. The monoisotopic (exact) mass is 309 g/mol. The fraction of sp³-hybridized carbons (Fsp3) is 0.353. The molecule has 118 valence electrons. The fourth-order valence-electron chi connectivity index (χ4n) is 2.80. The van der Waals surface area contributed by atoms with Gasteiger partial charge in [-0.2, -0.15) is 14.6 Å². The van der Waals surface area contributed by atoms with E-state index in [0.717, 1.165) is 29.7 Å². The second-order valence-corrected chi connectivity index (χ2v) is 6.27. The van der Waals surface area contributed by atoms with Crippen molar-refractivity contribution < 1.29 is 5.11 Å². The molecule has 1 N–H and O–H groups in total. The minimum atomic E-state index is -0.562. The van der Waals surface area contributed by atoms with Crippen molar-refractivity contribution >= 4 is 17.3 Å². The first-order valence-electron chi connectivity index (χ1n) is 7.78. The quantitative estimate of drug-likeness (QED) is 0.801. The van der Waals surface area contributed by atoms with Crippen molar-refractivity contribution in [3.8, 4) is 0 Å². The lowest BCUT2D eigenvalue weighted by Gasteiger charge is -2.19. The summed E-state index contributed by atoms with van der Waals surface area (Å²) in [5.41, 5.74) is 2.21. The summed E-state index contributed by atoms with van der Waals surface area (Å²) in [4.78, 5) is 11.1. The van der Waals surface area contributed by atoms with E-state index in [1.807, 2.05) is 49.2 Å². The van der Waals surface area contributed by atoms with Gasteiger partial charge in [-0.25, -0.2) is 4.98 Å². The minimum Gasteiger partial charge on any atom is -0.390 e. The van der Waals surface area contributed by atoms with Crippen LogP contribution in [0.3, 0.4) is 0 Å². The molecule has 0 spiro atoms. The van der Waals surface area contributed by atoms with Crippen molar-refractivity contribution in [2.45, 2.75) is 31.8 Å². The van der Waals surface area contributed by atoms with Crippen molar-refractivity contribution in [3.05, 3.63) is 47.9 Å². The van der Waals surface area contributed by atoms with E-state index in [9.17, 15) is 5.11 Å². The van der Waals surface area contributed by atoms with Gasteiger partial charge in [0.25, 0.3) is 0 Å². The van der Waals surface area contributed by atoms with E-state index in [1.54, 1.807) is 10.7 Å². The number of fused-ring (bicyclic) bond motifs is 1. The lowest BCUT2D eigenvalue weighted by Crippen LogP contribution is -2.17. The van der Waals surface area contributed by atoms with Crippen LogP contribution >= 0.6 is 0 Å². The number of anilines is 2. The summed E-state index contributed by atoms with van der Waals surface area (Å²) in [5.74, 6) is 1.41. The molecular formula is C17H19N5O. The Morgan fingerprint density at radius 1 is 1.22 bits per heavy atom. The highest BCUT2D eigenvalue weighted by Gasteiger charge is 2.41. The highest BCUT2D eigenvalue weighted by atomic mass is 16.3. The minimum absolute atomic E-state index is 0.562. The molecule has 1 saturated carbocycles. The summed E-state index contributed by atoms with van der Waals surface area (Å²) in [6.07, 6.45) is 4.10. The van der Waals surface area contributed by atoms with E-state index in [-0.39, 0.29) is 0 Å². The normalized spacial score (nSPS) is 15.8. The molecule has 0 amide bonds. The molecule has 0 aliphatic heterocycles. The molecule has 0 unspecified atom stereocenters. The Kier molecular flexibility index (Phi) is 3.09. The standard InChI is InChI=1S/C17H19N5O/c1-12-19-15-13(10-17(23)8-9-17)11-18-22(15)16(20-12)21(2)14-6-4-3-5-7-14/h3-7,11,23H,8-10H2,1-2H3. The van der Waals surface area contributed by atoms with Crippen LogP contribution in [0.15, 0.2) is 36.5 Å². The predicted octanol–water partition coefficient (Wildman–Crippen LogP) is 2.27. The molecule has 1 aliphatic rings. The number of hydrogen-bond donors (Lipinski definition) is 1. The Hall–Kier alpha value is -2.47. The van der Waals surface area contributed by atoms with Crippen LogP contribution < -0.4 is 4.90 Å². The average Bonchev–Trinajstić information content (AvgIpc) is 3.16. The van der Waals surface area contributed by atoms with E-state index in [4.69, 9.17) is 0 Å². The van der Waals surface area contributed by atoms with Crippen LogP contribution in [0, 0.1) is 6.92 Å². The third kappa shape index (κ3) is 2.55. The Labute approximate surface area is 134 Å². The number of rotatable bonds is 4. The highest BCUT2D eigenvalue weighted by Crippen LogP contribution is 2.39. The topological polar surface area (TPSA) is 66.6 Å². The number of aromatic nitrogens is 4. The van der Waals surface area contributed by atoms with Crippen LogP contribution in [0.25, 0.3) is 5.65 Å². The first-order valence-corrected chi connectivity index (χ1v) is 7.78. The van der Waals surface area contributed by atoms with Gasteiger partial charge in [0.05, 0.1) is 11.8 Å². The maximum Gasteiger partial charge on any atom is 0.234 e. The molecule has 0 atom stereocenters. The lowest BCUT2D eigenvalue weighted by atomic mass is 10.1. The number of benzene rings is 1. The van der Waals surface area contributed by atoms with Gasteiger partial charge in [-0.3, -0.25) is 0 Å². The van der Waals surface area contributed by atoms with Gasteiger partial charge in [-0.1, -0.05) is 18.2 Å². The van der Waals surface area contributed by atoms with E-state index in [1.165, 1.54) is 0 Å². The number of nitrogens with zero attached hydrogens (tertiary/aromatic N) is 5. The zero-order valence-electron chi connectivity index (χ0n) is 13.3. The second kappa shape index (κ2) is 5.03. The molecule has 0 radical (unpaired) electrons. The smallest absolute Gasteiger partial charge is 0.234 e. The number of hydrogen-bond acceptors (Lipinski definition) is 5. The molecule has 1 aliphatic carbocycles. The Bertz CT molecular complexity index is 854. The van der Waals surface area contributed by atoms with Crippen LogP contribution in [0.5, 0.6) is 0 Å². The van der Waals surface area contributed by atoms with E-state index in [0.29, 0.717) is 18.2 Å². The van der Waals surface area contributed by atoms with Crippen LogP contribution in [0.2, 0.25) is 0 Å². The molecule has 6 heteroatoms. The molecule has 2 aromatic heterocycles. The molecule has 1 aromatic carbocycles. The predicted molar refractivity (Wildman–Crippen MR) is 87.9 cm³/mol. The summed E-state index contributed by atoms with van der Waals surface area (Å²) in [5, 5.41) is 14.7. The van der Waals surface area contributed by atoms with Crippen molar-refractivity contribution in [1.82, 2.24) is 19.6 Å². The van der Waals surface area contributed by atoms with Gasteiger partial charge in [-0.15, -0.1) is 0 Å². The summed E-state index contributed by atoms with van der Waals surface area (Å²) in [6.45, 7) is 1.88. The molecule has 0 saturated heterocycles. The first-order chi connectivity index (χ1) is 11.1. The number of aryl methyl sites for hydroxylation is 1. The maximum atomic E-state index is 10.2. The van der Waals surface area contributed by atoms with Crippen molar-refractivity contribution in [2.75, 3.05) is 11.9 Å². The molecule has 4 rings (SSSR count). The summed E-state index contributed by atoms with van der Waals surface area (Å²) in [7, 11) is 1.96. The van der Waals surface area contributed by atoms with Gasteiger partial charge in [0.15, 0.2) is 5.65 Å². The average molecular weight is 309 g/mol. The van der Waals surface area contributed by atoms with E-state index in [2.05, 4.69) is 15.1 Å². The highest BCUT2D eigenvalue weighted by molar-refractivity contribution is 5.60. The van der Waals surface area contributed by atoms with Crippen LogP contribution in [-0.2, 0) is 6.42 Å². The molecule has 3 aromatic rings. The van der Waals surface area contributed by atoms with Gasteiger partial charge in [0, 0.05) is 24.7 Å². The molecule has 0 bridgehead atoms.